The van der Waals surface area contributed by atoms with E-state index in [0.29, 0.717) is 12.6 Å². The van der Waals surface area contributed by atoms with E-state index in [1.165, 1.54) is 5.56 Å². The number of aromatic nitrogens is 2. The minimum absolute atomic E-state index is 0.507. The van der Waals surface area contributed by atoms with E-state index in [1.807, 2.05) is 22.9 Å². The molecule has 2 aromatic rings. The van der Waals surface area contributed by atoms with Gasteiger partial charge in [0.1, 0.15) is 12.4 Å². The first-order chi connectivity index (χ1) is 9.78. The summed E-state index contributed by atoms with van der Waals surface area (Å²) in [5.74, 6) is 0.921. The molecule has 0 radical (unpaired) electrons. The van der Waals surface area contributed by atoms with Gasteiger partial charge in [-0.2, -0.15) is 0 Å². The highest BCUT2D eigenvalue weighted by atomic mass is 16.5. The summed E-state index contributed by atoms with van der Waals surface area (Å²) < 4.78 is 7.73. The Morgan fingerprint density at radius 1 is 1.30 bits per heavy atom. The molecule has 0 saturated heterocycles. The molecule has 1 unspecified atom stereocenters. The molecule has 0 aliphatic rings. The maximum absolute atomic E-state index is 5.72. The molecule has 4 nitrogen and oxygen atoms in total. The molecule has 0 aliphatic carbocycles. The first kappa shape index (κ1) is 14.6. The number of likely N-dealkylation sites (N-methyl/N-ethyl adjacent to an activating group) is 1. The molecule has 1 heterocycles. The minimum Gasteiger partial charge on any atom is -0.492 e. The summed E-state index contributed by atoms with van der Waals surface area (Å²) in [6.45, 7) is 6.83. The zero-order chi connectivity index (χ0) is 14.2. The molecule has 1 atom stereocenters. The van der Waals surface area contributed by atoms with E-state index in [9.17, 15) is 0 Å². The lowest BCUT2D eigenvalue weighted by atomic mass is 10.1. The number of nitrogens with zero attached hydrogens (tertiary/aromatic N) is 2. The first-order valence-corrected chi connectivity index (χ1v) is 7.19. The second-order valence-corrected chi connectivity index (χ2v) is 4.96. The molecule has 0 aliphatic heterocycles. The van der Waals surface area contributed by atoms with E-state index < -0.39 is 0 Å². The Morgan fingerprint density at radius 2 is 2.10 bits per heavy atom. The summed E-state index contributed by atoms with van der Waals surface area (Å²) in [6, 6.07) is 8.87. The smallest absolute Gasteiger partial charge is 0.119 e. The topological polar surface area (TPSA) is 39.1 Å². The Morgan fingerprint density at radius 3 is 2.75 bits per heavy atom. The van der Waals surface area contributed by atoms with Gasteiger partial charge in [0.05, 0.1) is 12.9 Å². The number of hydrogen-bond acceptors (Lipinski definition) is 3. The summed E-state index contributed by atoms with van der Waals surface area (Å²) in [4.78, 5) is 4.00. The zero-order valence-corrected chi connectivity index (χ0v) is 12.2. The lowest BCUT2D eigenvalue weighted by Gasteiger charge is -2.12. The highest BCUT2D eigenvalue weighted by Gasteiger charge is 2.02. The van der Waals surface area contributed by atoms with Crippen LogP contribution in [0, 0.1) is 0 Å². The van der Waals surface area contributed by atoms with Crippen molar-refractivity contribution in [1.82, 2.24) is 14.9 Å². The van der Waals surface area contributed by atoms with Crippen LogP contribution in [0.15, 0.2) is 43.0 Å². The number of hydrogen-bond donors (Lipinski definition) is 1. The summed E-state index contributed by atoms with van der Waals surface area (Å²) in [5.41, 5.74) is 1.33. The number of rotatable bonds is 8. The van der Waals surface area contributed by atoms with E-state index in [4.69, 9.17) is 4.74 Å². The average Bonchev–Trinajstić information content (AvgIpc) is 2.94. The maximum Gasteiger partial charge on any atom is 0.119 e. The van der Waals surface area contributed by atoms with Gasteiger partial charge < -0.3 is 14.6 Å². The van der Waals surface area contributed by atoms with Gasteiger partial charge in [0.2, 0.25) is 0 Å². The Bertz CT molecular complexity index is 479. The third-order valence-corrected chi connectivity index (χ3v) is 3.20. The molecule has 108 valence electrons. The van der Waals surface area contributed by atoms with Crippen LogP contribution in [0.2, 0.25) is 0 Å². The normalized spacial score (nSPS) is 12.3. The fraction of sp³-hybridized carbons (Fsp3) is 0.438. The quantitative estimate of drug-likeness (QED) is 0.803. The fourth-order valence-electron chi connectivity index (χ4n) is 2.18. The molecular weight excluding hydrogens is 250 g/mol. The van der Waals surface area contributed by atoms with Crippen LogP contribution in [-0.2, 0) is 13.0 Å². The molecule has 4 heteroatoms. The van der Waals surface area contributed by atoms with Crippen LogP contribution in [0.5, 0.6) is 5.75 Å². The van der Waals surface area contributed by atoms with Gasteiger partial charge in [-0.05, 0) is 37.6 Å². The number of imidazole rings is 1. The maximum atomic E-state index is 5.72. The third kappa shape index (κ3) is 4.70. The lowest BCUT2D eigenvalue weighted by molar-refractivity contribution is 0.298. The number of nitrogens with one attached hydrogen (secondary N) is 1. The van der Waals surface area contributed by atoms with Crippen LogP contribution >= 0.6 is 0 Å². The van der Waals surface area contributed by atoms with Crippen molar-refractivity contribution in [3.05, 3.63) is 48.5 Å². The number of benzene rings is 1. The van der Waals surface area contributed by atoms with Crippen molar-refractivity contribution in [3.63, 3.8) is 0 Å². The SMILES string of the molecule is CCNC(C)Cc1ccc(OCCn2ccnc2)cc1. The van der Waals surface area contributed by atoms with Gasteiger partial charge in [0.15, 0.2) is 0 Å². The average molecular weight is 273 g/mol. The second kappa shape index (κ2) is 7.70. The van der Waals surface area contributed by atoms with Crippen molar-refractivity contribution in [1.29, 1.82) is 0 Å². The fourth-order valence-corrected chi connectivity index (χ4v) is 2.18. The second-order valence-electron chi connectivity index (χ2n) is 4.96. The predicted octanol–water partition coefficient (Wildman–Crippen LogP) is 2.50. The lowest BCUT2D eigenvalue weighted by Crippen LogP contribution is -2.27. The van der Waals surface area contributed by atoms with Gasteiger partial charge in [-0.1, -0.05) is 19.1 Å². The molecule has 1 aromatic heterocycles. The molecule has 20 heavy (non-hydrogen) atoms. The zero-order valence-electron chi connectivity index (χ0n) is 12.2. The van der Waals surface area contributed by atoms with Crippen LogP contribution < -0.4 is 10.1 Å². The van der Waals surface area contributed by atoms with Gasteiger partial charge in [0.25, 0.3) is 0 Å². The molecule has 1 N–H and O–H groups in total. The van der Waals surface area contributed by atoms with Gasteiger partial charge in [0, 0.05) is 18.4 Å². The third-order valence-electron chi connectivity index (χ3n) is 3.20. The van der Waals surface area contributed by atoms with Gasteiger partial charge >= 0.3 is 0 Å². The van der Waals surface area contributed by atoms with E-state index in [0.717, 1.165) is 25.3 Å². The van der Waals surface area contributed by atoms with Crippen LogP contribution in [0.25, 0.3) is 0 Å². The highest BCUT2D eigenvalue weighted by Crippen LogP contribution is 2.13. The standard InChI is InChI=1S/C16H23N3O/c1-3-18-14(2)12-15-4-6-16(7-5-15)20-11-10-19-9-8-17-13-19/h4-9,13-14,18H,3,10-12H2,1-2H3. The van der Waals surface area contributed by atoms with E-state index in [1.54, 1.807) is 12.5 Å². The van der Waals surface area contributed by atoms with E-state index in [2.05, 4.69) is 36.3 Å². The van der Waals surface area contributed by atoms with Gasteiger partial charge in [-0.3, -0.25) is 0 Å². The summed E-state index contributed by atoms with van der Waals surface area (Å²) >= 11 is 0. The highest BCUT2D eigenvalue weighted by molar-refractivity contribution is 5.27. The van der Waals surface area contributed by atoms with Gasteiger partial charge in [-0.15, -0.1) is 0 Å². The molecule has 0 bridgehead atoms. The Labute approximate surface area is 120 Å². The molecule has 0 spiro atoms. The molecule has 2 rings (SSSR count). The summed E-state index contributed by atoms with van der Waals surface area (Å²) in [6.07, 6.45) is 6.56. The minimum atomic E-state index is 0.507. The summed E-state index contributed by atoms with van der Waals surface area (Å²) in [5, 5.41) is 3.42. The van der Waals surface area contributed by atoms with Crippen molar-refractivity contribution in [3.8, 4) is 5.75 Å². The van der Waals surface area contributed by atoms with E-state index in [-0.39, 0.29) is 0 Å². The summed E-state index contributed by atoms with van der Waals surface area (Å²) in [7, 11) is 0. The van der Waals surface area contributed by atoms with Crippen LogP contribution in [0.1, 0.15) is 19.4 Å². The Hall–Kier alpha value is -1.81. The molecular formula is C16H23N3O. The molecule has 1 aromatic carbocycles. The number of ether oxygens (including phenoxy) is 1. The molecule has 0 amide bonds. The largest absolute Gasteiger partial charge is 0.492 e. The van der Waals surface area contributed by atoms with Crippen molar-refractivity contribution in [2.75, 3.05) is 13.2 Å². The van der Waals surface area contributed by atoms with E-state index >= 15 is 0 Å². The first-order valence-electron chi connectivity index (χ1n) is 7.19. The van der Waals surface area contributed by atoms with Gasteiger partial charge in [-0.25, -0.2) is 4.98 Å². The van der Waals surface area contributed by atoms with Crippen molar-refractivity contribution < 1.29 is 4.74 Å². The monoisotopic (exact) mass is 273 g/mol. The van der Waals surface area contributed by atoms with Crippen molar-refractivity contribution in [2.24, 2.45) is 0 Å². The molecule has 0 fully saturated rings. The molecule has 0 saturated carbocycles. The van der Waals surface area contributed by atoms with Crippen LogP contribution in [0.3, 0.4) is 0 Å². The predicted molar refractivity (Wildman–Crippen MR) is 81.0 cm³/mol. The van der Waals surface area contributed by atoms with Crippen molar-refractivity contribution >= 4 is 0 Å². The van der Waals surface area contributed by atoms with Crippen LogP contribution in [-0.4, -0.2) is 28.7 Å². The Balaban J connectivity index is 1.76. The van der Waals surface area contributed by atoms with Crippen LogP contribution in [0.4, 0.5) is 0 Å². The van der Waals surface area contributed by atoms with Crippen molar-refractivity contribution in [2.45, 2.75) is 32.9 Å². The Kier molecular flexibility index (Phi) is 5.62.